The highest BCUT2D eigenvalue weighted by atomic mass is 79.9. The molecule has 0 unspecified atom stereocenters. The van der Waals surface area contributed by atoms with Crippen LogP contribution < -0.4 is 5.32 Å². The molecular formula is C10H12BrN3S. The van der Waals surface area contributed by atoms with Crippen LogP contribution in [0.4, 0.5) is 0 Å². The molecule has 0 aliphatic rings. The van der Waals surface area contributed by atoms with Crippen molar-refractivity contribution in [2.75, 3.05) is 7.05 Å². The Morgan fingerprint density at radius 2 is 2.40 bits per heavy atom. The van der Waals surface area contributed by atoms with Crippen LogP contribution in [-0.2, 0) is 13.6 Å². The molecule has 0 aliphatic heterocycles. The second-order valence-corrected chi connectivity index (χ2v) is 4.94. The Bertz CT molecular complexity index is 447. The number of aromatic nitrogens is 2. The van der Waals surface area contributed by atoms with Gasteiger partial charge < -0.3 is 9.88 Å². The summed E-state index contributed by atoms with van der Waals surface area (Å²) in [6.07, 6.45) is 0. The van der Waals surface area contributed by atoms with E-state index in [9.17, 15) is 0 Å². The molecule has 0 bridgehead atoms. The zero-order chi connectivity index (χ0) is 10.8. The van der Waals surface area contributed by atoms with Crippen molar-refractivity contribution in [1.82, 2.24) is 14.9 Å². The van der Waals surface area contributed by atoms with Crippen molar-refractivity contribution in [2.45, 2.75) is 6.54 Å². The average Bonchev–Trinajstić information content (AvgIpc) is 2.82. The molecule has 1 N–H and O–H groups in total. The summed E-state index contributed by atoms with van der Waals surface area (Å²) >= 11 is 5.26. The van der Waals surface area contributed by atoms with Gasteiger partial charge in [-0.25, -0.2) is 4.98 Å². The van der Waals surface area contributed by atoms with Crippen LogP contribution in [0, 0.1) is 0 Å². The molecule has 0 spiro atoms. The van der Waals surface area contributed by atoms with E-state index in [1.807, 2.05) is 20.2 Å². The van der Waals surface area contributed by atoms with Crippen molar-refractivity contribution >= 4 is 27.3 Å². The second-order valence-electron chi connectivity index (χ2n) is 3.24. The van der Waals surface area contributed by atoms with Gasteiger partial charge >= 0.3 is 0 Å². The first-order valence-electron chi connectivity index (χ1n) is 4.63. The van der Waals surface area contributed by atoms with Crippen LogP contribution in [-0.4, -0.2) is 16.6 Å². The smallest absolute Gasteiger partial charge is 0.151 e. The summed E-state index contributed by atoms with van der Waals surface area (Å²) in [6.45, 7) is 0.778. The fraction of sp³-hybridized carbons (Fsp3) is 0.300. The van der Waals surface area contributed by atoms with Crippen molar-refractivity contribution in [3.8, 4) is 10.7 Å². The predicted molar refractivity (Wildman–Crippen MR) is 67.0 cm³/mol. The highest BCUT2D eigenvalue weighted by Crippen LogP contribution is 2.28. The van der Waals surface area contributed by atoms with Gasteiger partial charge in [0, 0.05) is 13.6 Å². The normalized spacial score (nSPS) is 10.9. The quantitative estimate of drug-likeness (QED) is 0.940. The molecule has 0 aromatic carbocycles. The van der Waals surface area contributed by atoms with E-state index in [0.29, 0.717) is 0 Å². The van der Waals surface area contributed by atoms with Crippen LogP contribution in [0.25, 0.3) is 10.7 Å². The lowest BCUT2D eigenvalue weighted by atomic mass is 10.4. The Balaban J connectivity index is 2.45. The molecule has 0 saturated heterocycles. The first kappa shape index (κ1) is 10.9. The summed E-state index contributed by atoms with van der Waals surface area (Å²) in [5, 5.41) is 5.17. The van der Waals surface area contributed by atoms with Crippen molar-refractivity contribution in [1.29, 1.82) is 0 Å². The molecule has 0 aliphatic carbocycles. The summed E-state index contributed by atoms with van der Waals surface area (Å²) in [6, 6.07) is 4.13. The Morgan fingerprint density at radius 1 is 1.60 bits per heavy atom. The van der Waals surface area contributed by atoms with E-state index in [0.717, 1.165) is 22.7 Å². The van der Waals surface area contributed by atoms with Gasteiger partial charge in [-0.15, -0.1) is 11.3 Å². The molecule has 3 nitrogen and oxygen atoms in total. The third kappa shape index (κ3) is 2.00. The van der Waals surface area contributed by atoms with E-state index in [4.69, 9.17) is 0 Å². The minimum Gasteiger partial charge on any atom is -0.321 e. The molecule has 80 valence electrons. The lowest BCUT2D eigenvalue weighted by Gasteiger charge is -1.98. The van der Waals surface area contributed by atoms with Crippen LogP contribution in [0.3, 0.4) is 0 Å². The van der Waals surface area contributed by atoms with Crippen molar-refractivity contribution in [2.24, 2.45) is 7.05 Å². The highest BCUT2D eigenvalue weighted by Gasteiger charge is 2.13. The molecule has 0 radical (unpaired) electrons. The van der Waals surface area contributed by atoms with Crippen molar-refractivity contribution in [3.05, 3.63) is 27.8 Å². The van der Waals surface area contributed by atoms with E-state index in [2.05, 4.69) is 42.2 Å². The van der Waals surface area contributed by atoms with Gasteiger partial charge in [-0.1, -0.05) is 6.07 Å². The summed E-state index contributed by atoms with van der Waals surface area (Å²) < 4.78 is 3.11. The first-order valence-corrected chi connectivity index (χ1v) is 6.31. The molecule has 0 atom stereocenters. The van der Waals surface area contributed by atoms with Gasteiger partial charge in [0.25, 0.3) is 0 Å². The van der Waals surface area contributed by atoms with Gasteiger partial charge in [-0.05, 0) is 34.4 Å². The number of hydrogen-bond acceptors (Lipinski definition) is 3. The molecule has 2 rings (SSSR count). The minimum atomic E-state index is 0.778. The first-order chi connectivity index (χ1) is 7.24. The average molecular weight is 286 g/mol. The highest BCUT2D eigenvalue weighted by molar-refractivity contribution is 9.10. The maximum absolute atomic E-state index is 4.61. The monoisotopic (exact) mass is 285 g/mol. The van der Waals surface area contributed by atoms with Crippen molar-refractivity contribution in [3.63, 3.8) is 0 Å². The minimum absolute atomic E-state index is 0.778. The fourth-order valence-corrected chi connectivity index (χ4v) is 2.59. The SMILES string of the molecule is CNCc1nc(-c2cccs2)n(C)c1Br. The topological polar surface area (TPSA) is 29.9 Å². The summed E-state index contributed by atoms with van der Waals surface area (Å²) in [7, 11) is 3.94. The van der Waals surface area contributed by atoms with E-state index in [1.54, 1.807) is 11.3 Å². The standard InChI is InChI=1S/C10H12BrN3S/c1-12-6-7-9(11)14(2)10(13-7)8-4-3-5-15-8/h3-5,12H,6H2,1-2H3. The Labute approximate surface area is 101 Å². The number of thiophene rings is 1. The van der Waals surface area contributed by atoms with Crippen molar-refractivity contribution < 1.29 is 0 Å². The molecule has 15 heavy (non-hydrogen) atoms. The van der Waals surface area contributed by atoms with Gasteiger partial charge in [0.15, 0.2) is 5.82 Å². The van der Waals surface area contributed by atoms with Crippen LogP contribution in [0.2, 0.25) is 0 Å². The Morgan fingerprint density at radius 3 is 3.00 bits per heavy atom. The molecule has 0 amide bonds. The summed E-state index contributed by atoms with van der Waals surface area (Å²) in [4.78, 5) is 5.80. The van der Waals surface area contributed by atoms with E-state index < -0.39 is 0 Å². The third-order valence-electron chi connectivity index (χ3n) is 2.18. The number of rotatable bonds is 3. The Kier molecular flexibility index (Phi) is 3.23. The maximum Gasteiger partial charge on any atom is 0.151 e. The van der Waals surface area contributed by atoms with E-state index >= 15 is 0 Å². The lowest BCUT2D eigenvalue weighted by molar-refractivity contribution is 0.788. The van der Waals surface area contributed by atoms with Crippen LogP contribution in [0.5, 0.6) is 0 Å². The molecule has 2 heterocycles. The van der Waals surface area contributed by atoms with E-state index in [1.165, 1.54) is 4.88 Å². The number of imidazole rings is 1. The van der Waals surface area contributed by atoms with Gasteiger partial charge in [0.1, 0.15) is 4.60 Å². The Hall–Kier alpha value is -0.650. The number of halogens is 1. The van der Waals surface area contributed by atoms with Gasteiger partial charge in [0.2, 0.25) is 0 Å². The van der Waals surface area contributed by atoms with Gasteiger partial charge in [0.05, 0.1) is 10.6 Å². The largest absolute Gasteiger partial charge is 0.321 e. The number of nitrogens with one attached hydrogen (secondary N) is 1. The predicted octanol–water partition coefficient (Wildman–Crippen LogP) is 2.63. The summed E-state index contributed by atoms with van der Waals surface area (Å²) in [5.41, 5.74) is 1.04. The molecule has 0 saturated carbocycles. The van der Waals surface area contributed by atoms with Crippen LogP contribution in [0.1, 0.15) is 5.69 Å². The van der Waals surface area contributed by atoms with E-state index in [-0.39, 0.29) is 0 Å². The zero-order valence-electron chi connectivity index (χ0n) is 8.62. The molecule has 2 aromatic rings. The maximum atomic E-state index is 4.61. The molecule has 0 fully saturated rings. The van der Waals surface area contributed by atoms with Crippen LogP contribution in [0.15, 0.2) is 22.1 Å². The van der Waals surface area contributed by atoms with Gasteiger partial charge in [-0.2, -0.15) is 0 Å². The molecular weight excluding hydrogens is 274 g/mol. The number of hydrogen-bond donors (Lipinski definition) is 1. The second kappa shape index (κ2) is 4.47. The third-order valence-corrected chi connectivity index (χ3v) is 4.03. The summed E-state index contributed by atoms with van der Waals surface area (Å²) in [5.74, 6) is 1.02. The van der Waals surface area contributed by atoms with Gasteiger partial charge in [-0.3, -0.25) is 0 Å². The number of nitrogens with zero attached hydrogens (tertiary/aromatic N) is 2. The zero-order valence-corrected chi connectivity index (χ0v) is 11.0. The lowest BCUT2D eigenvalue weighted by Crippen LogP contribution is -2.05. The fourth-order valence-electron chi connectivity index (χ4n) is 1.44. The molecule has 5 heteroatoms. The molecule has 2 aromatic heterocycles. The van der Waals surface area contributed by atoms with Crippen LogP contribution >= 0.6 is 27.3 Å².